The fraction of sp³-hybridized carbons (Fsp3) is 0.125. The van der Waals surface area contributed by atoms with Gasteiger partial charge >= 0.3 is 0 Å². The number of benzene rings is 3. The fourth-order valence-corrected chi connectivity index (χ4v) is 3.49. The summed E-state index contributed by atoms with van der Waals surface area (Å²) >= 11 is 9.63. The van der Waals surface area contributed by atoms with E-state index < -0.39 is 0 Å². The SMILES string of the molecule is COc1cc(C=CC(=O)Nc2ccc(C)c(Cl)c2)cc(Br)c1OCc1ccccc1. The van der Waals surface area contributed by atoms with E-state index in [1.165, 1.54) is 6.08 Å². The van der Waals surface area contributed by atoms with Crippen molar-refractivity contribution >= 4 is 45.2 Å². The molecule has 3 rings (SSSR count). The van der Waals surface area contributed by atoms with Crippen molar-refractivity contribution in [3.8, 4) is 11.5 Å². The number of aryl methyl sites for hydroxylation is 1. The third kappa shape index (κ3) is 5.88. The highest BCUT2D eigenvalue weighted by Crippen LogP contribution is 2.37. The second-order valence-electron chi connectivity index (χ2n) is 6.59. The molecule has 6 heteroatoms. The van der Waals surface area contributed by atoms with E-state index in [1.54, 1.807) is 19.3 Å². The summed E-state index contributed by atoms with van der Waals surface area (Å²) in [6.07, 6.45) is 3.17. The normalized spacial score (nSPS) is 10.8. The average Bonchev–Trinajstić information content (AvgIpc) is 2.74. The molecule has 0 heterocycles. The molecule has 1 N–H and O–H groups in total. The molecule has 0 spiro atoms. The van der Waals surface area contributed by atoms with Gasteiger partial charge in [-0.1, -0.05) is 48.0 Å². The Balaban J connectivity index is 1.70. The number of hydrogen-bond acceptors (Lipinski definition) is 3. The highest BCUT2D eigenvalue weighted by Gasteiger charge is 2.11. The van der Waals surface area contributed by atoms with Crippen LogP contribution in [-0.2, 0) is 11.4 Å². The van der Waals surface area contributed by atoms with Crippen molar-refractivity contribution in [2.45, 2.75) is 13.5 Å². The van der Waals surface area contributed by atoms with Crippen molar-refractivity contribution in [2.75, 3.05) is 12.4 Å². The molecule has 0 unspecified atom stereocenters. The van der Waals surface area contributed by atoms with Gasteiger partial charge in [0, 0.05) is 16.8 Å². The van der Waals surface area contributed by atoms with Crippen LogP contribution in [-0.4, -0.2) is 13.0 Å². The van der Waals surface area contributed by atoms with E-state index in [9.17, 15) is 4.79 Å². The maximum absolute atomic E-state index is 12.2. The van der Waals surface area contributed by atoms with Crippen LogP contribution in [0.1, 0.15) is 16.7 Å². The topological polar surface area (TPSA) is 47.6 Å². The number of nitrogens with one attached hydrogen (secondary N) is 1. The molecule has 0 atom stereocenters. The number of methoxy groups -OCH3 is 1. The van der Waals surface area contributed by atoms with Gasteiger partial charge in [-0.05, 0) is 69.9 Å². The minimum atomic E-state index is -0.255. The summed E-state index contributed by atoms with van der Waals surface area (Å²) in [4.78, 5) is 12.2. The molecule has 0 aliphatic rings. The van der Waals surface area contributed by atoms with E-state index in [0.717, 1.165) is 21.2 Å². The van der Waals surface area contributed by atoms with Crippen LogP contribution in [0.15, 0.2) is 71.2 Å². The molecule has 154 valence electrons. The van der Waals surface area contributed by atoms with Crippen LogP contribution < -0.4 is 14.8 Å². The van der Waals surface area contributed by atoms with Crippen molar-refractivity contribution in [1.82, 2.24) is 0 Å². The summed E-state index contributed by atoms with van der Waals surface area (Å²) in [5.74, 6) is 0.928. The monoisotopic (exact) mass is 485 g/mol. The molecular formula is C24H21BrClNO3. The van der Waals surface area contributed by atoms with Gasteiger partial charge in [0.15, 0.2) is 11.5 Å². The van der Waals surface area contributed by atoms with Crippen LogP contribution in [0.25, 0.3) is 6.08 Å². The molecule has 0 aliphatic carbocycles. The largest absolute Gasteiger partial charge is 0.493 e. The van der Waals surface area contributed by atoms with Crippen molar-refractivity contribution in [3.05, 3.63) is 92.9 Å². The smallest absolute Gasteiger partial charge is 0.248 e. The summed E-state index contributed by atoms with van der Waals surface area (Å²) in [7, 11) is 1.58. The van der Waals surface area contributed by atoms with E-state index in [4.69, 9.17) is 21.1 Å². The fourth-order valence-electron chi connectivity index (χ4n) is 2.73. The van der Waals surface area contributed by atoms with Crippen LogP contribution in [0.3, 0.4) is 0 Å². The number of ether oxygens (including phenoxy) is 2. The molecule has 0 saturated carbocycles. The first-order valence-electron chi connectivity index (χ1n) is 9.25. The van der Waals surface area contributed by atoms with Crippen LogP contribution >= 0.6 is 27.5 Å². The van der Waals surface area contributed by atoms with Gasteiger partial charge in [0.2, 0.25) is 5.91 Å². The minimum absolute atomic E-state index is 0.255. The summed E-state index contributed by atoms with van der Waals surface area (Å²) in [5, 5.41) is 3.40. The zero-order valence-corrected chi connectivity index (χ0v) is 19.0. The highest BCUT2D eigenvalue weighted by atomic mass is 79.9. The maximum atomic E-state index is 12.2. The lowest BCUT2D eigenvalue weighted by molar-refractivity contribution is -0.111. The van der Waals surface area contributed by atoms with Gasteiger partial charge in [0.05, 0.1) is 11.6 Å². The number of carbonyl (C=O) groups is 1. The second kappa shape index (κ2) is 10.3. The van der Waals surface area contributed by atoms with Crippen molar-refractivity contribution in [3.63, 3.8) is 0 Å². The first kappa shape index (κ1) is 21.9. The Labute approximate surface area is 189 Å². The molecule has 0 aromatic heterocycles. The van der Waals surface area contributed by atoms with Crippen LogP contribution in [0.5, 0.6) is 11.5 Å². The Morgan fingerprint density at radius 1 is 1.13 bits per heavy atom. The molecule has 0 fully saturated rings. The zero-order chi connectivity index (χ0) is 21.5. The predicted molar refractivity (Wildman–Crippen MR) is 125 cm³/mol. The average molecular weight is 487 g/mol. The molecule has 0 aliphatic heterocycles. The van der Waals surface area contributed by atoms with Crippen molar-refractivity contribution < 1.29 is 14.3 Å². The molecule has 4 nitrogen and oxygen atoms in total. The standard InChI is InChI=1S/C24H21BrClNO3/c1-16-8-10-19(14-21(16)26)27-23(28)11-9-18-12-20(25)24(22(13-18)29-2)30-15-17-6-4-3-5-7-17/h3-14H,15H2,1-2H3,(H,27,28). The maximum Gasteiger partial charge on any atom is 0.248 e. The molecule has 0 radical (unpaired) electrons. The molecule has 30 heavy (non-hydrogen) atoms. The summed E-state index contributed by atoms with van der Waals surface area (Å²) in [5.41, 5.74) is 3.45. The van der Waals surface area contributed by atoms with Crippen LogP contribution in [0, 0.1) is 6.92 Å². The van der Waals surface area contributed by atoms with Gasteiger partial charge in [-0.15, -0.1) is 0 Å². The summed E-state index contributed by atoms with van der Waals surface area (Å²) in [6.45, 7) is 2.33. The van der Waals surface area contributed by atoms with Gasteiger partial charge in [0.25, 0.3) is 0 Å². The van der Waals surface area contributed by atoms with Gasteiger partial charge < -0.3 is 14.8 Å². The molecule has 3 aromatic carbocycles. The lowest BCUT2D eigenvalue weighted by atomic mass is 10.1. The summed E-state index contributed by atoms with van der Waals surface area (Å²) < 4.78 is 12.2. The quantitative estimate of drug-likeness (QED) is 0.380. The lowest BCUT2D eigenvalue weighted by Crippen LogP contribution is -2.07. The highest BCUT2D eigenvalue weighted by molar-refractivity contribution is 9.10. The first-order valence-corrected chi connectivity index (χ1v) is 10.4. The number of halogens is 2. The van der Waals surface area contributed by atoms with E-state index in [-0.39, 0.29) is 5.91 Å². The Morgan fingerprint density at radius 2 is 1.90 bits per heavy atom. The van der Waals surface area contributed by atoms with Crippen molar-refractivity contribution in [2.24, 2.45) is 0 Å². The van der Waals surface area contributed by atoms with E-state index in [0.29, 0.717) is 28.8 Å². The molecule has 0 saturated heterocycles. The Hall–Kier alpha value is -2.76. The van der Waals surface area contributed by atoms with E-state index in [2.05, 4.69) is 21.2 Å². The van der Waals surface area contributed by atoms with Crippen LogP contribution in [0.4, 0.5) is 5.69 Å². The van der Waals surface area contributed by atoms with Crippen LogP contribution in [0.2, 0.25) is 5.02 Å². The van der Waals surface area contributed by atoms with Gasteiger partial charge in [0.1, 0.15) is 6.61 Å². The number of hydrogen-bond donors (Lipinski definition) is 1. The third-order valence-corrected chi connectivity index (χ3v) is 5.34. The second-order valence-corrected chi connectivity index (χ2v) is 7.86. The molecule has 1 amide bonds. The van der Waals surface area contributed by atoms with Gasteiger partial charge in [-0.2, -0.15) is 0 Å². The Bertz CT molecular complexity index is 1070. The third-order valence-electron chi connectivity index (χ3n) is 4.34. The number of anilines is 1. The molecule has 3 aromatic rings. The minimum Gasteiger partial charge on any atom is -0.493 e. The number of rotatable bonds is 7. The van der Waals surface area contributed by atoms with Gasteiger partial charge in [-0.3, -0.25) is 4.79 Å². The van der Waals surface area contributed by atoms with Gasteiger partial charge in [-0.25, -0.2) is 0 Å². The van der Waals surface area contributed by atoms with E-state index in [1.807, 2.05) is 61.5 Å². The number of amides is 1. The summed E-state index contributed by atoms with van der Waals surface area (Å²) in [6, 6.07) is 19.0. The first-order chi connectivity index (χ1) is 14.5. The molecular weight excluding hydrogens is 466 g/mol. The van der Waals surface area contributed by atoms with Crippen molar-refractivity contribution in [1.29, 1.82) is 0 Å². The molecule has 0 bridgehead atoms. The van der Waals surface area contributed by atoms with E-state index >= 15 is 0 Å². The number of carbonyl (C=O) groups excluding carboxylic acids is 1. The predicted octanol–water partition coefficient (Wildman–Crippen LogP) is 6.65. The lowest BCUT2D eigenvalue weighted by Gasteiger charge is -2.13. The Morgan fingerprint density at radius 3 is 2.60 bits per heavy atom. The Kier molecular flexibility index (Phi) is 7.55. The zero-order valence-electron chi connectivity index (χ0n) is 16.6.